The maximum atomic E-state index is 12.1. The second-order valence-corrected chi connectivity index (χ2v) is 7.07. The predicted molar refractivity (Wildman–Crippen MR) is 80.3 cm³/mol. The maximum Gasteiger partial charge on any atom is 0.234 e. The van der Waals surface area contributed by atoms with E-state index in [1.807, 2.05) is 11.9 Å². The summed E-state index contributed by atoms with van der Waals surface area (Å²) < 4.78 is 0. The molecule has 5 unspecified atom stereocenters. The zero-order chi connectivity index (χ0) is 14.7. The molecular formula is C16H30N2O2. The minimum atomic E-state index is -0.298. The van der Waals surface area contributed by atoms with Crippen molar-refractivity contribution in [3.63, 3.8) is 0 Å². The first kappa shape index (κ1) is 15.8. The van der Waals surface area contributed by atoms with Crippen molar-refractivity contribution in [3.8, 4) is 0 Å². The summed E-state index contributed by atoms with van der Waals surface area (Å²) in [5.74, 6) is 2.59. The molecule has 20 heavy (non-hydrogen) atoms. The second-order valence-electron chi connectivity index (χ2n) is 7.07. The molecule has 0 spiro atoms. The Morgan fingerprint density at radius 1 is 1.35 bits per heavy atom. The number of nitrogens with zero attached hydrogens (tertiary/aromatic N) is 1. The van der Waals surface area contributed by atoms with Crippen LogP contribution in [0.4, 0.5) is 0 Å². The van der Waals surface area contributed by atoms with Gasteiger partial charge in [-0.2, -0.15) is 0 Å². The van der Waals surface area contributed by atoms with E-state index in [4.69, 9.17) is 0 Å². The van der Waals surface area contributed by atoms with Crippen molar-refractivity contribution in [3.05, 3.63) is 0 Å². The lowest BCUT2D eigenvalue weighted by Crippen LogP contribution is -2.44. The van der Waals surface area contributed by atoms with E-state index in [9.17, 15) is 9.90 Å². The van der Waals surface area contributed by atoms with Crippen molar-refractivity contribution in [1.82, 2.24) is 10.2 Å². The Balaban J connectivity index is 1.68. The van der Waals surface area contributed by atoms with Gasteiger partial charge in [0.15, 0.2) is 0 Å². The van der Waals surface area contributed by atoms with Crippen molar-refractivity contribution >= 4 is 5.91 Å². The van der Waals surface area contributed by atoms with Gasteiger partial charge in [0.1, 0.15) is 0 Å². The summed E-state index contributed by atoms with van der Waals surface area (Å²) in [6.07, 6.45) is 5.89. The van der Waals surface area contributed by atoms with E-state index in [1.54, 1.807) is 6.92 Å². The van der Waals surface area contributed by atoms with Crippen LogP contribution in [0.5, 0.6) is 0 Å². The number of hydrogen-bond acceptors (Lipinski definition) is 3. The number of fused-ring (bicyclic) bond motifs is 2. The van der Waals surface area contributed by atoms with Gasteiger partial charge in [-0.3, -0.25) is 9.69 Å². The van der Waals surface area contributed by atoms with Gasteiger partial charge >= 0.3 is 0 Å². The molecule has 0 radical (unpaired) electrons. The lowest BCUT2D eigenvalue weighted by atomic mass is 9.84. The van der Waals surface area contributed by atoms with E-state index in [0.717, 1.165) is 18.4 Å². The molecular weight excluding hydrogens is 252 g/mol. The van der Waals surface area contributed by atoms with E-state index in [1.165, 1.54) is 25.7 Å². The number of nitrogens with one attached hydrogen (secondary N) is 1. The predicted octanol–water partition coefficient (Wildman–Crippen LogP) is 1.63. The number of carbonyl (C=O) groups is 1. The summed E-state index contributed by atoms with van der Waals surface area (Å²) >= 11 is 0. The molecule has 2 N–H and O–H groups in total. The molecule has 0 heterocycles. The first-order chi connectivity index (χ1) is 9.45. The number of amides is 1. The standard InChI is InChI=1S/C16H30N2O2/c1-11(19)6-7-18(3)10-16(20)17-12(2)15-9-13-4-5-14(15)8-13/h11-15,19H,4-10H2,1-3H3,(H,17,20). The number of hydrogen-bond donors (Lipinski definition) is 2. The van der Waals surface area contributed by atoms with Crippen molar-refractivity contribution in [1.29, 1.82) is 0 Å². The summed E-state index contributed by atoms with van der Waals surface area (Å²) in [7, 11) is 1.93. The van der Waals surface area contributed by atoms with Gasteiger partial charge in [0, 0.05) is 12.6 Å². The van der Waals surface area contributed by atoms with Gasteiger partial charge in [-0.25, -0.2) is 0 Å². The van der Waals surface area contributed by atoms with E-state index in [-0.39, 0.29) is 12.0 Å². The third-order valence-electron chi connectivity index (χ3n) is 5.17. The Labute approximate surface area is 122 Å². The van der Waals surface area contributed by atoms with Gasteiger partial charge < -0.3 is 10.4 Å². The summed E-state index contributed by atoms with van der Waals surface area (Å²) in [6.45, 7) is 5.13. The Kier molecular flexibility index (Phi) is 5.44. The molecule has 116 valence electrons. The zero-order valence-corrected chi connectivity index (χ0v) is 13.1. The summed E-state index contributed by atoms with van der Waals surface area (Å²) in [6, 6.07) is 0.308. The number of aliphatic hydroxyl groups is 1. The molecule has 0 aliphatic heterocycles. The molecule has 1 amide bonds. The minimum absolute atomic E-state index is 0.119. The quantitative estimate of drug-likeness (QED) is 0.746. The molecule has 0 saturated heterocycles. The van der Waals surface area contributed by atoms with Gasteiger partial charge in [0.25, 0.3) is 0 Å². The minimum Gasteiger partial charge on any atom is -0.393 e. The van der Waals surface area contributed by atoms with Gasteiger partial charge in [0.05, 0.1) is 12.6 Å². The highest BCUT2D eigenvalue weighted by atomic mass is 16.3. The van der Waals surface area contributed by atoms with E-state index in [0.29, 0.717) is 24.9 Å². The molecule has 5 atom stereocenters. The molecule has 0 aromatic carbocycles. The Hall–Kier alpha value is -0.610. The number of likely N-dealkylation sites (N-methyl/N-ethyl adjacent to an activating group) is 1. The lowest BCUT2D eigenvalue weighted by molar-refractivity contribution is -0.123. The summed E-state index contributed by atoms with van der Waals surface area (Å²) in [5.41, 5.74) is 0. The van der Waals surface area contributed by atoms with Crippen molar-refractivity contribution in [2.75, 3.05) is 20.1 Å². The second kappa shape index (κ2) is 6.90. The molecule has 4 heteroatoms. The fourth-order valence-corrected chi connectivity index (χ4v) is 4.04. The van der Waals surface area contributed by atoms with Crippen molar-refractivity contribution in [2.45, 2.75) is 58.1 Å². The van der Waals surface area contributed by atoms with Gasteiger partial charge in [-0.15, -0.1) is 0 Å². The Morgan fingerprint density at radius 3 is 2.65 bits per heavy atom. The maximum absolute atomic E-state index is 12.1. The normalized spacial score (nSPS) is 31.6. The molecule has 2 bridgehead atoms. The third kappa shape index (κ3) is 4.19. The van der Waals surface area contributed by atoms with Gasteiger partial charge in [0.2, 0.25) is 5.91 Å². The van der Waals surface area contributed by atoms with Crippen LogP contribution in [-0.2, 0) is 4.79 Å². The van der Waals surface area contributed by atoms with Crippen LogP contribution in [0, 0.1) is 17.8 Å². The van der Waals surface area contributed by atoms with Crippen LogP contribution in [-0.4, -0.2) is 48.2 Å². The fourth-order valence-electron chi connectivity index (χ4n) is 4.04. The topological polar surface area (TPSA) is 52.6 Å². The third-order valence-corrected chi connectivity index (χ3v) is 5.17. The van der Waals surface area contributed by atoms with Crippen molar-refractivity contribution in [2.24, 2.45) is 17.8 Å². The molecule has 0 aromatic heterocycles. The lowest BCUT2D eigenvalue weighted by Gasteiger charge is -2.29. The summed E-state index contributed by atoms with van der Waals surface area (Å²) in [5, 5.41) is 12.4. The first-order valence-corrected chi connectivity index (χ1v) is 8.11. The van der Waals surface area contributed by atoms with Gasteiger partial charge in [-0.1, -0.05) is 6.42 Å². The Bertz CT molecular complexity index is 332. The summed E-state index contributed by atoms with van der Waals surface area (Å²) in [4.78, 5) is 14.0. The SMILES string of the molecule is CC(O)CCN(C)CC(=O)NC(C)C1CC2CCC1C2. The molecule has 2 aliphatic carbocycles. The van der Waals surface area contributed by atoms with Crippen LogP contribution in [0.15, 0.2) is 0 Å². The highest BCUT2D eigenvalue weighted by molar-refractivity contribution is 5.78. The van der Waals surface area contributed by atoms with Crippen LogP contribution in [0.25, 0.3) is 0 Å². The van der Waals surface area contributed by atoms with E-state index in [2.05, 4.69) is 12.2 Å². The smallest absolute Gasteiger partial charge is 0.234 e. The van der Waals surface area contributed by atoms with Gasteiger partial charge in [-0.05, 0) is 64.3 Å². The fraction of sp³-hybridized carbons (Fsp3) is 0.938. The van der Waals surface area contributed by atoms with Crippen LogP contribution >= 0.6 is 0 Å². The highest BCUT2D eigenvalue weighted by Gasteiger charge is 2.42. The zero-order valence-electron chi connectivity index (χ0n) is 13.1. The molecule has 0 aromatic rings. The monoisotopic (exact) mass is 282 g/mol. The van der Waals surface area contributed by atoms with Crippen LogP contribution in [0.1, 0.15) is 46.0 Å². The highest BCUT2D eigenvalue weighted by Crippen LogP contribution is 2.49. The Morgan fingerprint density at radius 2 is 2.10 bits per heavy atom. The molecule has 2 aliphatic rings. The van der Waals surface area contributed by atoms with E-state index < -0.39 is 0 Å². The molecule has 2 fully saturated rings. The number of carbonyl (C=O) groups excluding carboxylic acids is 1. The average molecular weight is 282 g/mol. The average Bonchev–Trinajstić information content (AvgIpc) is 2.98. The van der Waals surface area contributed by atoms with Crippen LogP contribution in [0.2, 0.25) is 0 Å². The molecule has 4 nitrogen and oxygen atoms in total. The number of rotatable bonds is 7. The molecule has 2 saturated carbocycles. The van der Waals surface area contributed by atoms with Crippen LogP contribution in [0.3, 0.4) is 0 Å². The first-order valence-electron chi connectivity index (χ1n) is 8.11. The van der Waals surface area contributed by atoms with Crippen molar-refractivity contribution < 1.29 is 9.90 Å². The number of aliphatic hydroxyl groups excluding tert-OH is 1. The van der Waals surface area contributed by atoms with Crippen LogP contribution < -0.4 is 5.32 Å². The largest absolute Gasteiger partial charge is 0.393 e. The molecule has 2 rings (SSSR count). The van der Waals surface area contributed by atoms with E-state index >= 15 is 0 Å².